The molecule has 2 aliphatic rings. The highest BCUT2D eigenvalue weighted by molar-refractivity contribution is 5.67. The molecule has 0 saturated carbocycles. The standard InChI is InChI=1S/C22H20N2O4/c1-2-4-19(18(3-1)24-9-11-25-12-10-24)28-22-8-6-17(14-23-22)16-5-7-20-21(13-16)27-15-26-20/h1-8,13-14H,9-12,15H2. The van der Waals surface area contributed by atoms with E-state index in [0.717, 1.165) is 60.4 Å². The van der Waals surface area contributed by atoms with Crippen molar-refractivity contribution in [2.75, 3.05) is 38.0 Å². The highest BCUT2D eigenvalue weighted by Crippen LogP contribution is 2.36. The lowest BCUT2D eigenvalue weighted by Crippen LogP contribution is -2.36. The summed E-state index contributed by atoms with van der Waals surface area (Å²) in [5.41, 5.74) is 3.08. The number of ether oxygens (including phenoxy) is 4. The normalized spacial score (nSPS) is 15.5. The fourth-order valence-electron chi connectivity index (χ4n) is 3.41. The maximum absolute atomic E-state index is 6.09. The third kappa shape index (κ3) is 3.34. The Morgan fingerprint density at radius 2 is 1.68 bits per heavy atom. The summed E-state index contributed by atoms with van der Waals surface area (Å²) >= 11 is 0. The lowest BCUT2D eigenvalue weighted by Gasteiger charge is -2.30. The van der Waals surface area contributed by atoms with Gasteiger partial charge in [0, 0.05) is 30.9 Å². The molecule has 0 unspecified atom stereocenters. The lowest BCUT2D eigenvalue weighted by molar-refractivity contribution is 0.122. The highest BCUT2D eigenvalue weighted by Gasteiger charge is 2.17. The molecule has 0 N–H and O–H groups in total. The third-order valence-corrected chi connectivity index (χ3v) is 4.87. The van der Waals surface area contributed by atoms with Crippen LogP contribution in [0.3, 0.4) is 0 Å². The van der Waals surface area contributed by atoms with Crippen molar-refractivity contribution in [2.45, 2.75) is 0 Å². The first-order valence-corrected chi connectivity index (χ1v) is 9.32. The van der Waals surface area contributed by atoms with Crippen LogP contribution in [0.2, 0.25) is 0 Å². The summed E-state index contributed by atoms with van der Waals surface area (Å²) in [7, 11) is 0. The minimum atomic E-state index is 0.270. The molecule has 6 heteroatoms. The summed E-state index contributed by atoms with van der Waals surface area (Å²) in [6.45, 7) is 3.45. The van der Waals surface area contributed by atoms with Gasteiger partial charge in [-0.05, 0) is 35.9 Å². The Bertz CT molecular complexity index is 969. The molecule has 2 aromatic carbocycles. The molecule has 142 valence electrons. The highest BCUT2D eigenvalue weighted by atomic mass is 16.7. The smallest absolute Gasteiger partial charge is 0.231 e. The Morgan fingerprint density at radius 1 is 0.857 bits per heavy atom. The van der Waals surface area contributed by atoms with Gasteiger partial charge in [-0.1, -0.05) is 18.2 Å². The van der Waals surface area contributed by atoms with Crippen molar-refractivity contribution in [3.63, 3.8) is 0 Å². The molecular formula is C22H20N2O4. The Hall–Kier alpha value is -3.25. The Labute approximate surface area is 163 Å². The van der Waals surface area contributed by atoms with Gasteiger partial charge >= 0.3 is 0 Å². The monoisotopic (exact) mass is 376 g/mol. The van der Waals surface area contributed by atoms with E-state index in [9.17, 15) is 0 Å². The topological polar surface area (TPSA) is 53.1 Å². The van der Waals surface area contributed by atoms with Crippen molar-refractivity contribution in [3.8, 4) is 34.3 Å². The van der Waals surface area contributed by atoms with Crippen LogP contribution in [0.4, 0.5) is 5.69 Å². The van der Waals surface area contributed by atoms with E-state index in [2.05, 4.69) is 16.0 Å². The van der Waals surface area contributed by atoms with Gasteiger partial charge in [0.05, 0.1) is 18.9 Å². The summed E-state index contributed by atoms with van der Waals surface area (Å²) in [5.74, 6) is 2.89. The number of rotatable bonds is 4. The zero-order valence-corrected chi connectivity index (χ0v) is 15.3. The van der Waals surface area contributed by atoms with Crippen LogP contribution in [-0.2, 0) is 4.74 Å². The number of aromatic nitrogens is 1. The summed E-state index contributed by atoms with van der Waals surface area (Å²) in [4.78, 5) is 6.77. The average molecular weight is 376 g/mol. The largest absolute Gasteiger partial charge is 0.454 e. The fourth-order valence-corrected chi connectivity index (χ4v) is 3.41. The molecule has 0 atom stereocenters. The van der Waals surface area contributed by atoms with Crippen LogP contribution < -0.4 is 19.1 Å². The molecule has 1 aromatic heterocycles. The van der Waals surface area contributed by atoms with Gasteiger partial charge in [0.2, 0.25) is 12.7 Å². The first-order valence-electron chi connectivity index (χ1n) is 9.32. The van der Waals surface area contributed by atoms with E-state index in [4.69, 9.17) is 18.9 Å². The Balaban J connectivity index is 1.36. The third-order valence-electron chi connectivity index (χ3n) is 4.87. The quantitative estimate of drug-likeness (QED) is 0.683. The molecule has 0 radical (unpaired) electrons. The van der Waals surface area contributed by atoms with Crippen molar-refractivity contribution in [2.24, 2.45) is 0 Å². The number of hydrogen-bond acceptors (Lipinski definition) is 6. The number of benzene rings is 2. The molecule has 2 aliphatic heterocycles. The van der Waals surface area contributed by atoms with Crippen LogP contribution in [-0.4, -0.2) is 38.1 Å². The Morgan fingerprint density at radius 3 is 2.54 bits per heavy atom. The summed E-state index contributed by atoms with van der Waals surface area (Å²) in [6.07, 6.45) is 1.81. The maximum atomic E-state index is 6.09. The molecule has 0 spiro atoms. The summed E-state index contributed by atoms with van der Waals surface area (Å²) in [5, 5.41) is 0. The maximum Gasteiger partial charge on any atom is 0.231 e. The number of nitrogens with zero attached hydrogens (tertiary/aromatic N) is 2. The van der Waals surface area contributed by atoms with Crippen LogP contribution in [0.15, 0.2) is 60.8 Å². The van der Waals surface area contributed by atoms with Crippen molar-refractivity contribution >= 4 is 5.69 Å². The SMILES string of the molecule is c1ccc(N2CCOCC2)c(Oc2ccc(-c3ccc4c(c3)OCO4)cn2)c1. The first kappa shape index (κ1) is 16.9. The lowest BCUT2D eigenvalue weighted by atomic mass is 10.1. The molecular weight excluding hydrogens is 356 g/mol. The van der Waals surface area contributed by atoms with E-state index in [1.54, 1.807) is 0 Å². The molecule has 1 fully saturated rings. The van der Waals surface area contributed by atoms with Gasteiger partial charge in [0.15, 0.2) is 17.2 Å². The summed E-state index contributed by atoms with van der Waals surface area (Å²) in [6, 6.07) is 17.8. The number of pyridine rings is 1. The van der Waals surface area contributed by atoms with Gasteiger partial charge in [-0.15, -0.1) is 0 Å². The fraction of sp³-hybridized carbons (Fsp3) is 0.227. The van der Waals surface area contributed by atoms with Crippen molar-refractivity contribution in [1.29, 1.82) is 0 Å². The predicted molar refractivity (Wildman–Crippen MR) is 105 cm³/mol. The van der Waals surface area contributed by atoms with Gasteiger partial charge in [-0.25, -0.2) is 4.98 Å². The molecule has 5 rings (SSSR count). The van der Waals surface area contributed by atoms with Crippen molar-refractivity contribution in [3.05, 3.63) is 60.8 Å². The van der Waals surface area contributed by atoms with Gasteiger partial charge < -0.3 is 23.8 Å². The molecule has 1 saturated heterocycles. The zero-order chi connectivity index (χ0) is 18.8. The van der Waals surface area contributed by atoms with E-state index < -0.39 is 0 Å². The molecule has 0 aliphatic carbocycles. The number of anilines is 1. The van der Waals surface area contributed by atoms with Crippen LogP contribution in [0.1, 0.15) is 0 Å². The predicted octanol–water partition coefficient (Wildman–Crippen LogP) is 4.11. The number of fused-ring (bicyclic) bond motifs is 1. The van der Waals surface area contributed by atoms with Crippen LogP contribution in [0.5, 0.6) is 23.1 Å². The second-order valence-corrected chi connectivity index (χ2v) is 6.62. The van der Waals surface area contributed by atoms with E-state index in [0.29, 0.717) is 5.88 Å². The van der Waals surface area contributed by atoms with Gasteiger partial charge in [-0.2, -0.15) is 0 Å². The molecule has 28 heavy (non-hydrogen) atoms. The molecule has 3 heterocycles. The number of para-hydroxylation sites is 2. The minimum absolute atomic E-state index is 0.270. The van der Waals surface area contributed by atoms with Crippen molar-refractivity contribution in [1.82, 2.24) is 4.98 Å². The van der Waals surface area contributed by atoms with Crippen molar-refractivity contribution < 1.29 is 18.9 Å². The Kier molecular flexibility index (Phi) is 4.47. The number of hydrogen-bond donors (Lipinski definition) is 0. The van der Waals surface area contributed by atoms with E-state index in [1.165, 1.54) is 0 Å². The van der Waals surface area contributed by atoms with Crippen LogP contribution in [0, 0.1) is 0 Å². The second-order valence-electron chi connectivity index (χ2n) is 6.62. The first-order chi connectivity index (χ1) is 13.9. The summed E-state index contributed by atoms with van der Waals surface area (Å²) < 4.78 is 22.4. The van der Waals surface area contributed by atoms with E-state index in [1.807, 2.05) is 54.7 Å². The second kappa shape index (κ2) is 7.40. The average Bonchev–Trinajstić information content (AvgIpc) is 3.23. The van der Waals surface area contributed by atoms with E-state index in [-0.39, 0.29) is 6.79 Å². The van der Waals surface area contributed by atoms with Gasteiger partial charge in [0.1, 0.15) is 0 Å². The van der Waals surface area contributed by atoms with Gasteiger partial charge in [0.25, 0.3) is 0 Å². The molecule has 6 nitrogen and oxygen atoms in total. The van der Waals surface area contributed by atoms with E-state index >= 15 is 0 Å². The molecule has 3 aromatic rings. The van der Waals surface area contributed by atoms with Crippen LogP contribution >= 0.6 is 0 Å². The van der Waals surface area contributed by atoms with Crippen LogP contribution in [0.25, 0.3) is 11.1 Å². The zero-order valence-electron chi connectivity index (χ0n) is 15.3. The van der Waals surface area contributed by atoms with Gasteiger partial charge in [-0.3, -0.25) is 0 Å². The number of morpholine rings is 1. The molecule has 0 bridgehead atoms. The minimum Gasteiger partial charge on any atom is -0.454 e. The molecule has 0 amide bonds.